The van der Waals surface area contributed by atoms with Crippen molar-refractivity contribution in [3.8, 4) is 6.07 Å². The minimum Gasteiger partial charge on any atom is -0.506 e. The van der Waals surface area contributed by atoms with Gasteiger partial charge in [-0.15, -0.1) is 0 Å². The van der Waals surface area contributed by atoms with Gasteiger partial charge in [-0.05, 0) is 23.8 Å². The number of rotatable bonds is 2. The van der Waals surface area contributed by atoms with Gasteiger partial charge in [0, 0.05) is 10.6 Å². The summed E-state index contributed by atoms with van der Waals surface area (Å²) in [6, 6.07) is 12.1. The van der Waals surface area contributed by atoms with Crippen molar-refractivity contribution >= 4 is 22.9 Å². The third kappa shape index (κ3) is 3.23. The molecule has 0 aliphatic carbocycles. The van der Waals surface area contributed by atoms with Gasteiger partial charge in [-0.3, -0.25) is 0 Å². The predicted octanol–water partition coefficient (Wildman–Crippen LogP) is 5.31. The molecule has 0 aromatic heterocycles. The lowest BCUT2D eigenvalue weighted by Gasteiger charge is -2.13. The normalized spacial score (nSPS) is 12.5. The van der Waals surface area contributed by atoms with E-state index in [1.807, 2.05) is 0 Å². The van der Waals surface area contributed by atoms with Crippen LogP contribution in [0, 0.1) is 11.3 Å². The van der Waals surface area contributed by atoms with Crippen molar-refractivity contribution in [1.82, 2.24) is 0 Å². The van der Waals surface area contributed by atoms with Crippen LogP contribution in [0.1, 0.15) is 16.7 Å². The van der Waals surface area contributed by atoms with Gasteiger partial charge in [0.1, 0.15) is 17.4 Å². The van der Waals surface area contributed by atoms with Crippen molar-refractivity contribution in [1.29, 1.82) is 5.26 Å². The monoisotopic (exact) mass is 323 g/mol. The zero-order valence-corrected chi connectivity index (χ0v) is 11.8. The highest BCUT2D eigenvalue weighted by Gasteiger charge is 2.34. The Hall–Kier alpha value is -2.45. The fourth-order valence-corrected chi connectivity index (χ4v) is 2.07. The first-order valence-corrected chi connectivity index (χ1v) is 6.48. The molecule has 0 saturated carbocycles. The summed E-state index contributed by atoms with van der Waals surface area (Å²) in [6.07, 6.45) is -4.63. The smallest absolute Gasteiger partial charge is 0.417 e. The van der Waals surface area contributed by atoms with Crippen LogP contribution in [0.3, 0.4) is 0 Å². The van der Waals surface area contributed by atoms with Crippen LogP contribution in [-0.2, 0) is 6.18 Å². The number of halogens is 4. The van der Waals surface area contributed by atoms with E-state index < -0.39 is 23.1 Å². The molecule has 22 heavy (non-hydrogen) atoms. The van der Waals surface area contributed by atoms with E-state index in [2.05, 4.69) is 0 Å². The van der Waals surface area contributed by atoms with Gasteiger partial charge in [0.2, 0.25) is 0 Å². The molecule has 0 fully saturated rings. The van der Waals surface area contributed by atoms with Gasteiger partial charge in [-0.25, -0.2) is 0 Å². The maximum atomic E-state index is 13.0. The summed E-state index contributed by atoms with van der Waals surface area (Å²) in [5.41, 5.74) is -1.43. The van der Waals surface area contributed by atoms with Crippen molar-refractivity contribution in [2.45, 2.75) is 6.18 Å². The lowest BCUT2D eigenvalue weighted by Crippen LogP contribution is -2.09. The molecule has 2 aromatic carbocycles. The predicted molar refractivity (Wildman–Crippen MR) is 78.0 cm³/mol. The Bertz CT molecular complexity index is 758. The van der Waals surface area contributed by atoms with Crippen LogP contribution < -0.4 is 0 Å². The molecule has 112 valence electrons. The molecule has 0 spiro atoms. The maximum Gasteiger partial charge on any atom is 0.417 e. The third-order valence-corrected chi connectivity index (χ3v) is 3.22. The number of aliphatic hydroxyl groups is 1. The largest absolute Gasteiger partial charge is 0.506 e. The van der Waals surface area contributed by atoms with Crippen molar-refractivity contribution in [2.75, 3.05) is 0 Å². The van der Waals surface area contributed by atoms with Gasteiger partial charge in [0.05, 0.1) is 5.56 Å². The minimum atomic E-state index is -4.63. The Labute approximate surface area is 129 Å². The highest BCUT2D eigenvalue weighted by molar-refractivity contribution is 6.30. The summed E-state index contributed by atoms with van der Waals surface area (Å²) in [5.74, 6) is -0.724. The van der Waals surface area contributed by atoms with Crippen LogP contribution in [0.4, 0.5) is 13.2 Å². The molecule has 0 aliphatic rings. The van der Waals surface area contributed by atoms with Crippen LogP contribution >= 0.6 is 11.6 Å². The molecule has 0 heterocycles. The fraction of sp³-hybridized carbons (Fsp3) is 0.0625. The van der Waals surface area contributed by atoms with Gasteiger partial charge in [-0.1, -0.05) is 41.9 Å². The SMILES string of the molecule is N#C/C(=C(\O)c1ccccc1C(F)(F)F)c1ccc(Cl)cc1. The summed E-state index contributed by atoms with van der Waals surface area (Å²) < 4.78 is 39.0. The number of aliphatic hydroxyl groups excluding tert-OH is 1. The first kappa shape index (κ1) is 15.9. The Morgan fingerprint density at radius 2 is 1.64 bits per heavy atom. The highest BCUT2D eigenvalue weighted by Crippen LogP contribution is 2.36. The summed E-state index contributed by atoms with van der Waals surface area (Å²) in [6.45, 7) is 0. The average Bonchev–Trinajstić information content (AvgIpc) is 2.49. The molecule has 1 N–H and O–H groups in total. The number of alkyl halides is 3. The number of nitriles is 1. The number of allylic oxidation sites excluding steroid dienone is 1. The van der Waals surface area contributed by atoms with Crippen molar-refractivity contribution in [3.05, 3.63) is 70.2 Å². The lowest BCUT2D eigenvalue weighted by molar-refractivity contribution is -0.137. The van der Waals surface area contributed by atoms with Crippen molar-refractivity contribution < 1.29 is 18.3 Å². The van der Waals surface area contributed by atoms with Crippen LogP contribution in [0.2, 0.25) is 5.02 Å². The van der Waals surface area contributed by atoms with E-state index >= 15 is 0 Å². The van der Waals surface area contributed by atoms with Crippen molar-refractivity contribution in [2.24, 2.45) is 0 Å². The van der Waals surface area contributed by atoms with E-state index in [-0.39, 0.29) is 11.1 Å². The molecule has 0 unspecified atom stereocenters. The van der Waals surface area contributed by atoms with Gasteiger partial charge in [0.15, 0.2) is 0 Å². The van der Waals surface area contributed by atoms with Crippen molar-refractivity contribution in [3.63, 3.8) is 0 Å². The molecular weight excluding hydrogens is 315 g/mol. The fourth-order valence-electron chi connectivity index (χ4n) is 1.94. The van der Waals surface area contributed by atoms with Crippen LogP contribution in [0.5, 0.6) is 0 Å². The Morgan fingerprint density at radius 3 is 2.18 bits per heavy atom. The van der Waals surface area contributed by atoms with Gasteiger partial charge < -0.3 is 5.11 Å². The topological polar surface area (TPSA) is 44.0 Å². The quantitative estimate of drug-likeness (QED) is 0.462. The van der Waals surface area contributed by atoms with Gasteiger partial charge >= 0.3 is 6.18 Å². The molecule has 0 bridgehead atoms. The van der Waals surface area contributed by atoms with E-state index in [0.29, 0.717) is 5.02 Å². The van der Waals surface area contributed by atoms with E-state index in [4.69, 9.17) is 11.6 Å². The zero-order valence-electron chi connectivity index (χ0n) is 11.0. The summed E-state index contributed by atoms with van der Waals surface area (Å²) >= 11 is 5.73. The molecule has 0 radical (unpaired) electrons. The molecule has 0 atom stereocenters. The average molecular weight is 324 g/mol. The standard InChI is InChI=1S/C16H9ClF3NO/c17-11-7-5-10(6-8-11)13(9-21)15(22)12-3-1-2-4-14(12)16(18,19)20/h1-8,22H/b15-13+. The second-order valence-electron chi connectivity index (χ2n) is 4.39. The molecule has 2 aromatic rings. The second-order valence-corrected chi connectivity index (χ2v) is 4.82. The number of hydrogen-bond donors (Lipinski definition) is 1. The Kier molecular flexibility index (Phi) is 4.43. The van der Waals surface area contributed by atoms with E-state index in [1.54, 1.807) is 6.07 Å². The first-order chi connectivity index (χ1) is 10.3. The molecule has 2 rings (SSSR count). The molecular formula is C16H9ClF3NO. The zero-order chi connectivity index (χ0) is 16.3. The molecule has 0 aliphatic heterocycles. The van der Waals surface area contributed by atoms with Gasteiger partial charge in [0.25, 0.3) is 0 Å². The summed E-state index contributed by atoms with van der Waals surface area (Å²) in [5, 5.41) is 19.8. The first-order valence-electron chi connectivity index (χ1n) is 6.10. The van der Waals surface area contributed by atoms with E-state index in [1.165, 1.54) is 36.4 Å². The lowest BCUT2D eigenvalue weighted by atomic mass is 9.98. The number of hydrogen-bond acceptors (Lipinski definition) is 2. The van der Waals surface area contributed by atoms with Crippen LogP contribution in [-0.4, -0.2) is 5.11 Å². The van der Waals surface area contributed by atoms with Gasteiger partial charge in [-0.2, -0.15) is 18.4 Å². The Balaban J connectivity index is 2.65. The molecule has 0 amide bonds. The van der Waals surface area contributed by atoms with E-state index in [0.717, 1.165) is 12.1 Å². The summed E-state index contributed by atoms with van der Waals surface area (Å²) in [7, 11) is 0. The highest BCUT2D eigenvalue weighted by atomic mass is 35.5. The second kappa shape index (κ2) is 6.12. The molecule has 0 saturated heterocycles. The number of benzene rings is 2. The minimum absolute atomic E-state index is 0.256. The van der Waals surface area contributed by atoms with Crippen LogP contribution in [0.25, 0.3) is 11.3 Å². The number of nitrogens with zero attached hydrogens (tertiary/aromatic N) is 1. The molecule has 2 nitrogen and oxygen atoms in total. The van der Waals surface area contributed by atoms with Crippen LogP contribution in [0.15, 0.2) is 48.5 Å². The maximum absolute atomic E-state index is 13.0. The summed E-state index contributed by atoms with van der Waals surface area (Å²) in [4.78, 5) is 0. The Morgan fingerprint density at radius 1 is 1.05 bits per heavy atom. The van der Waals surface area contributed by atoms with E-state index in [9.17, 15) is 23.5 Å². The third-order valence-electron chi connectivity index (χ3n) is 2.97. The molecule has 6 heteroatoms.